The number of benzene rings is 1. The molecule has 1 aliphatic rings. The maximum atomic E-state index is 13.7. The van der Waals surface area contributed by atoms with E-state index < -0.39 is 0 Å². The molecule has 0 amide bonds. The van der Waals surface area contributed by atoms with Gasteiger partial charge in [0.25, 0.3) is 0 Å². The van der Waals surface area contributed by atoms with Crippen molar-refractivity contribution in [3.63, 3.8) is 0 Å². The number of likely N-dealkylation sites (N-methyl/N-ethyl adjacent to an activating group) is 1. The van der Waals surface area contributed by atoms with Crippen molar-refractivity contribution in [3.05, 3.63) is 35.1 Å². The van der Waals surface area contributed by atoms with Gasteiger partial charge in [-0.05, 0) is 32.1 Å². The van der Waals surface area contributed by atoms with E-state index in [0.717, 1.165) is 24.1 Å². The van der Waals surface area contributed by atoms with Gasteiger partial charge >= 0.3 is 0 Å². The summed E-state index contributed by atoms with van der Waals surface area (Å²) in [6.45, 7) is 5.42. The number of rotatable bonds is 2. The van der Waals surface area contributed by atoms with E-state index in [4.69, 9.17) is 4.74 Å². The molecule has 0 radical (unpaired) electrons. The van der Waals surface area contributed by atoms with Gasteiger partial charge in [-0.1, -0.05) is 26.0 Å². The van der Waals surface area contributed by atoms with Crippen LogP contribution in [-0.4, -0.2) is 32.1 Å². The molecule has 0 aromatic heterocycles. The van der Waals surface area contributed by atoms with Crippen LogP contribution in [0.25, 0.3) is 0 Å². The zero-order valence-electron chi connectivity index (χ0n) is 11.2. The van der Waals surface area contributed by atoms with Crippen LogP contribution in [0.2, 0.25) is 0 Å². The SMILES string of the molecule is CC.CN(C)C[C@H]1OCCc2cccc(F)c21. The van der Waals surface area contributed by atoms with E-state index in [2.05, 4.69) is 0 Å². The van der Waals surface area contributed by atoms with E-state index in [1.165, 1.54) is 6.07 Å². The zero-order chi connectivity index (χ0) is 12.8. The van der Waals surface area contributed by atoms with Gasteiger partial charge in [0, 0.05) is 12.1 Å². The molecule has 2 rings (SSSR count). The Morgan fingerprint density at radius 3 is 2.71 bits per heavy atom. The van der Waals surface area contributed by atoms with Gasteiger partial charge in [-0.2, -0.15) is 0 Å². The van der Waals surface area contributed by atoms with Crippen LogP contribution in [0.15, 0.2) is 18.2 Å². The number of hydrogen-bond acceptors (Lipinski definition) is 2. The maximum absolute atomic E-state index is 13.7. The van der Waals surface area contributed by atoms with Crippen LogP contribution in [0, 0.1) is 5.82 Å². The molecular formula is C14H22FNO. The van der Waals surface area contributed by atoms with Gasteiger partial charge in [-0.25, -0.2) is 4.39 Å². The average molecular weight is 239 g/mol. The largest absolute Gasteiger partial charge is 0.372 e. The first-order valence-electron chi connectivity index (χ1n) is 6.22. The second kappa shape index (κ2) is 6.72. The van der Waals surface area contributed by atoms with Crippen LogP contribution in [-0.2, 0) is 11.2 Å². The normalized spacial score (nSPS) is 18.4. The van der Waals surface area contributed by atoms with Crippen molar-refractivity contribution in [2.24, 2.45) is 0 Å². The minimum absolute atomic E-state index is 0.120. The molecule has 96 valence electrons. The van der Waals surface area contributed by atoms with E-state index >= 15 is 0 Å². The molecule has 0 fully saturated rings. The molecule has 1 aromatic rings. The molecule has 0 spiro atoms. The van der Waals surface area contributed by atoms with Gasteiger partial charge in [-0.3, -0.25) is 0 Å². The first kappa shape index (κ1) is 14.1. The first-order valence-corrected chi connectivity index (χ1v) is 6.22. The second-order valence-electron chi connectivity index (χ2n) is 4.18. The summed E-state index contributed by atoms with van der Waals surface area (Å²) in [5.41, 5.74) is 1.84. The highest BCUT2D eigenvalue weighted by Crippen LogP contribution is 2.29. The van der Waals surface area contributed by atoms with Gasteiger partial charge in [-0.15, -0.1) is 0 Å². The Morgan fingerprint density at radius 1 is 1.35 bits per heavy atom. The monoisotopic (exact) mass is 239 g/mol. The topological polar surface area (TPSA) is 12.5 Å². The van der Waals surface area contributed by atoms with Gasteiger partial charge in [0.1, 0.15) is 5.82 Å². The van der Waals surface area contributed by atoms with Gasteiger partial charge in [0.15, 0.2) is 0 Å². The molecule has 0 bridgehead atoms. The number of fused-ring (bicyclic) bond motifs is 1. The third-order valence-electron chi connectivity index (χ3n) is 2.69. The number of nitrogens with zero attached hydrogens (tertiary/aromatic N) is 1. The Labute approximate surface area is 103 Å². The Bertz CT molecular complexity index is 352. The maximum Gasteiger partial charge on any atom is 0.129 e. The molecular weight excluding hydrogens is 217 g/mol. The van der Waals surface area contributed by atoms with E-state index in [1.807, 2.05) is 38.9 Å². The fourth-order valence-corrected chi connectivity index (χ4v) is 2.03. The molecule has 0 N–H and O–H groups in total. The molecule has 3 heteroatoms. The predicted octanol–water partition coefficient (Wildman–Crippen LogP) is 3.03. The van der Waals surface area contributed by atoms with E-state index in [0.29, 0.717) is 6.61 Å². The molecule has 0 aliphatic carbocycles. The number of ether oxygens (including phenoxy) is 1. The summed E-state index contributed by atoms with van der Waals surface area (Å²) in [6, 6.07) is 5.27. The Kier molecular flexibility index (Phi) is 5.59. The van der Waals surface area contributed by atoms with Gasteiger partial charge < -0.3 is 9.64 Å². The molecule has 1 heterocycles. The highest BCUT2D eigenvalue weighted by atomic mass is 19.1. The van der Waals surface area contributed by atoms with Crippen LogP contribution in [0.5, 0.6) is 0 Å². The van der Waals surface area contributed by atoms with E-state index in [9.17, 15) is 4.39 Å². The minimum Gasteiger partial charge on any atom is -0.372 e. The van der Waals surface area contributed by atoms with Gasteiger partial charge in [0.05, 0.1) is 12.7 Å². The lowest BCUT2D eigenvalue weighted by Crippen LogP contribution is -2.27. The summed E-state index contributed by atoms with van der Waals surface area (Å²) in [5.74, 6) is -0.140. The van der Waals surface area contributed by atoms with Crippen molar-refractivity contribution in [1.29, 1.82) is 0 Å². The van der Waals surface area contributed by atoms with Crippen molar-refractivity contribution in [2.75, 3.05) is 27.2 Å². The van der Waals surface area contributed by atoms with Crippen LogP contribution in [0.1, 0.15) is 31.1 Å². The van der Waals surface area contributed by atoms with E-state index in [1.54, 1.807) is 6.07 Å². The summed E-state index contributed by atoms with van der Waals surface area (Å²) >= 11 is 0. The Hall–Kier alpha value is -0.930. The van der Waals surface area contributed by atoms with E-state index in [-0.39, 0.29) is 11.9 Å². The Morgan fingerprint density at radius 2 is 2.06 bits per heavy atom. The molecule has 1 aromatic carbocycles. The fraction of sp³-hybridized carbons (Fsp3) is 0.571. The van der Waals surface area contributed by atoms with Crippen molar-refractivity contribution >= 4 is 0 Å². The predicted molar refractivity (Wildman–Crippen MR) is 68.7 cm³/mol. The molecule has 2 nitrogen and oxygen atoms in total. The molecule has 17 heavy (non-hydrogen) atoms. The molecule has 0 unspecified atom stereocenters. The first-order chi connectivity index (χ1) is 8.18. The average Bonchev–Trinajstić information content (AvgIpc) is 2.31. The minimum atomic E-state index is -0.140. The number of halogens is 1. The fourth-order valence-electron chi connectivity index (χ4n) is 2.03. The third-order valence-corrected chi connectivity index (χ3v) is 2.69. The van der Waals surface area contributed by atoms with Gasteiger partial charge in [0.2, 0.25) is 0 Å². The molecule has 1 aliphatic heterocycles. The standard InChI is InChI=1S/C12H16FNO.C2H6/c1-14(2)8-11-12-9(6-7-15-11)4-3-5-10(12)13;1-2/h3-5,11H,6-8H2,1-2H3;1-2H3/t11-;/m1./s1. The summed E-state index contributed by atoms with van der Waals surface area (Å²) < 4.78 is 19.3. The lowest BCUT2D eigenvalue weighted by atomic mass is 9.97. The van der Waals surface area contributed by atoms with Crippen molar-refractivity contribution < 1.29 is 9.13 Å². The lowest BCUT2D eigenvalue weighted by molar-refractivity contribution is 0.0228. The smallest absolute Gasteiger partial charge is 0.129 e. The molecule has 0 saturated carbocycles. The number of hydrogen-bond donors (Lipinski definition) is 0. The summed E-state index contributed by atoms with van der Waals surface area (Å²) in [4.78, 5) is 2.02. The zero-order valence-corrected chi connectivity index (χ0v) is 11.2. The van der Waals surface area contributed by atoms with Crippen LogP contribution < -0.4 is 0 Å². The van der Waals surface area contributed by atoms with Crippen molar-refractivity contribution in [2.45, 2.75) is 26.4 Å². The van der Waals surface area contributed by atoms with Crippen LogP contribution >= 0.6 is 0 Å². The molecule has 1 atom stereocenters. The van der Waals surface area contributed by atoms with Crippen LogP contribution in [0.4, 0.5) is 4.39 Å². The summed E-state index contributed by atoms with van der Waals surface area (Å²) in [6.07, 6.45) is 0.696. The van der Waals surface area contributed by atoms with Crippen LogP contribution in [0.3, 0.4) is 0 Å². The highest BCUT2D eigenvalue weighted by molar-refractivity contribution is 5.32. The lowest BCUT2D eigenvalue weighted by Gasteiger charge is -2.28. The van der Waals surface area contributed by atoms with Crippen molar-refractivity contribution in [3.8, 4) is 0 Å². The highest BCUT2D eigenvalue weighted by Gasteiger charge is 2.24. The second-order valence-corrected chi connectivity index (χ2v) is 4.18. The quantitative estimate of drug-likeness (QED) is 0.786. The third kappa shape index (κ3) is 3.51. The Balaban J connectivity index is 0.000000686. The molecule has 0 saturated heterocycles. The summed E-state index contributed by atoms with van der Waals surface area (Å²) in [5, 5.41) is 0. The summed E-state index contributed by atoms with van der Waals surface area (Å²) in [7, 11) is 3.94. The van der Waals surface area contributed by atoms with Crippen molar-refractivity contribution in [1.82, 2.24) is 4.90 Å².